The van der Waals surface area contributed by atoms with E-state index in [0.717, 1.165) is 0 Å². The maximum absolute atomic E-state index is 11.9. The summed E-state index contributed by atoms with van der Waals surface area (Å²) in [4.78, 5) is 11.9. The van der Waals surface area contributed by atoms with Gasteiger partial charge >= 0.3 is 5.97 Å². The molecule has 1 rings (SSSR count). The molecule has 0 saturated heterocycles. The molecule has 0 spiro atoms. The summed E-state index contributed by atoms with van der Waals surface area (Å²) in [5, 5.41) is 3.76. The molecule has 0 aliphatic carbocycles. The van der Waals surface area contributed by atoms with Crippen LogP contribution in [0.15, 0.2) is 16.6 Å². The highest BCUT2D eigenvalue weighted by molar-refractivity contribution is 9.10. The highest BCUT2D eigenvalue weighted by Crippen LogP contribution is 2.36. The summed E-state index contributed by atoms with van der Waals surface area (Å²) >= 11 is 15.4. The monoisotopic (exact) mass is 367 g/mol. The van der Waals surface area contributed by atoms with Crippen LogP contribution in [0.1, 0.15) is 27.7 Å². The molecule has 6 heteroatoms. The Bertz CT molecular complexity index is 486. The third-order valence-corrected chi connectivity index (χ3v) is 3.94. The number of ether oxygens (including phenoxy) is 1. The fourth-order valence-electron chi connectivity index (χ4n) is 1.32. The molecule has 3 nitrogen and oxygen atoms in total. The van der Waals surface area contributed by atoms with E-state index in [-0.39, 0.29) is 5.97 Å². The highest BCUT2D eigenvalue weighted by atomic mass is 79.9. The molecule has 106 valence electrons. The minimum Gasteiger partial charge on any atom is -0.458 e. The number of esters is 1. The molecule has 0 aliphatic heterocycles. The Morgan fingerprint density at radius 3 is 2.42 bits per heavy atom. The van der Waals surface area contributed by atoms with Gasteiger partial charge in [-0.1, -0.05) is 23.2 Å². The van der Waals surface area contributed by atoms with Crippen molar-refractivity contribution in [2.75, 3.05) is 5.32 Å². The first-order chi connectivity index (χ1) is 8.61. The van der Waals surface area contributed by atoms with Gasteiger partial charge in [-0.25, -0.2) is 4.79 Å². The number of hydrogen-bond acceptors (Lipinski definition) is 3. The number of rotatable bonds is 3. The number of benzene rings is 1. The Morgan fingerprint density at radius 1 is 1.32 bits per heavy atom. The normalized spacial score (nSPS) is 13.0. The zero-order valence-electron chi connectivity index (χ0n) is 11.2. The van der Waals surface area contributed by atoms with Gasteiger partial charge < -0.3 is 10.1 Å². The zero-order chi connectivity index (χ0) is 14.8. The summed E-state index contributed by atoms with van der Waals surface area (Å²) in [6, 6.07) is 2.99. The van der Waals surface area contributed by atoms with Crippen LogP contribution in [-0.4, -0.2) is 17.6 Å². The number of hydrogen-bond donors (Lipinski definition) is 1. The molecule has 1 atom stereocenters. The van der Waals surface area contributed by atoms with Crippen molar-refractivity contribution in [3.63, 3.8) is 0 Å². The predicted octanol–water partition coefficient (Wildman–Crippen LogP) is 4.90. The SMILES string of the molecule is CC(Nc1ccc(Br)c(Cl)c1Cl)C(=O)OC(C)(C)C. The van der Waals surface area contributed by atoms with Gasteiger partial charge in [0.25, 0.3) is 0 Å². The summed E-state index contributed by atoms with van der Waals surface area (Å²) < 4.78 is 5.98. The molecule has 1 N–H and O–H groups in total. The molecular formula is C13H16BrCl2NO2. The first-order valence-electron chi connectivity index (χ1n) is 5.74. The summed E-state index contributed by atoms with van der Waals surface area (Å²) in [6.07, 6.45) is 0. The molecule has 1 aromatic rings. The quantitative estimate of drug-likeness (QED) is 0.609. The molecule has 19 heavy (non-hydrogen) atoms. The van der Waals surface area contributed by atoms with Crippen molar-refractivity contribution in [1.82, 2.24) is 0 Å². The molecular weight excluding hydrogens is 353 g/mol. The number of carbonyl (C=O) groups is 1. The first kappa shape index (κ1) is 16.6. The molecule has 0 fully saturated rings. The van der Waals surface area contributed by atoms with Crippen LogP contribution in [0.2, 0.25) is 10.0 Å². The van der Waals surface area contributed by atoms with Crippen LogP contribution in [-0.2, 0) is 9.53 Å². The maximum atomic E-state index is 11.9. The largest absolute Gasteiger partial charge is 0.458 e. The summed E-state index contributed by atoms with van der Waals surface area (Å²) in [5.74, 6) is -0.345. The maximum Gasteiger partial charge on any atom is 0.328 e. The Morgan fingerprint density at radius 2 is 1.89 bits per heavy atom. The van der Waals surface area contributed by atoms with Gasteiger partial charge in [-0.05, 0) is 55.8 Å². The van der Waals surface area contributed by atoms with E-state index in [9.17, 15) is 4.79 Å². The molecule has 0 heterocycles. The van der Waals surface area contributed by atoms with Crippen LogP contribution in [0.3, 0.4) is 0 Å². The average Bonchev–Trinajstić information content (AvgIpc) is 2.27. The fraction of sp³-hybridized carbons (Fsp3) is 0.462. The van der Waals surface area contributed by atoms with Gasteiger partial charge in [-0.3, -0.25) is 0 Å². The van der Waals surface area contributed by atoms with E-state index in [0.29, 0.717) is 20.2 Å². The van der Waals surface area contributed by atoms with Gasteiger partial charge in [0.05, 0.1) is 15.7 Å². The zero-order valence-corrected chi connectivity index (χ0v) is 14.3. The van der Waals surface area contributed by atoms with Crippen molar-refractivity contribution in [2.24, 2.45) is 0 Å². The predicted molar refractivity (Wildman–Crippen MR) is 83.1 cm³/mol. The molecule has 0 bridgehead atoms. The van der Waals surface area contributed by atoms with Crippen molar-refractivity contribution < 1.29 is 9.53 Å². The molecule has 0 aromatic heterocycles. The minimum atomic E-state index is -0.520. The van der Waals surface area contributed by atoms with E-state index >= 15 is 0 Å². The van der Waals surface area contributed by atoms with E-state index in [1.54, 1.807) is 19.1 Å². The minimum absolute atomic E-state index is 0.345. The van der Waals surface area contributed by atoms with Gasteiger partial charge in [0.2, 0.25) is 0 Å². The average molecular weight is 369 g/mol. The first-order valence-corrected chi connectivity index (χ1v) is 7.29. The van der Waals surface area contributed by atoms with Crippen molar-refractivity contribution in [3.05, 3.63) is 26.7 Å². The number of halogens is 3. The van der Waals surface area contributed by atoms with Crippen LogP contribution < -0.4 is 5.32 Å². The summed E-state index contributed by atoms with van der Waals surface area (Å²) in [5.41, 5.74) is 0.0713. The Hall–Kier alpha value is -0.450. The summed E-state index contributed by atoms with van der Waals surface area (Å²) in [7, 11) is 0. The Kier molecular flexibility index (Phi) is 5.53. The van der Waals surface area contributed by atoms with E-state index in [1.807, 2.05) is 20.8 Å². The fourth-order valence-corrected chi connectivity index (χ4v) is 2.15. The molecule has 0 saturated carbocycles. The van der Waals surface area contributed by atoms with Crippen LogP contribution in [0.5, 0.6) is 0 Å². The van der Waals surface area contributed by atoms with Gasteiger partial charge in [-0.15, -0.1) is 0 Å². The third-order valence-electron chi connectivity index (χ3n) is 2.17. The van der Waals surface area contributed by atoms with E-state index < -0.39 is 11.6 Å². The highest BCUT2D eigenvalue weighted by Gasteiger charge is 2.22. The number of carbonyl (C=O) groups excluding carboxylic acids is 1. The lowest BCUT2D eigenvalue weighted by Crippen LogP contribution is -2.34. The van der Waals surface area contributed by atoms with E-state index in [4.69, 9.17) is 27.9 Å². The number of nitrogens with one attached hydrogen (secondary N) is 1. The van der Waals surface area contributed by atoms with Gasteiger partial charge in [0.15, 0.2) is 0 Å². The standard InChI is InChI=1S/C13H16BrCl2NO2/c1-7(12(18)19-13(2,3)4)17-9-6-5-8(14)10(15)11(9)16/h5-7,17H,1-4H3. The smallest absolute Gasteiger partial charge is 0.328 e. The van der Waals surface area contributed by atoms with Gasteiger partial charge in [-0.2, -0.15) is 0 Å². The molecule has 0 radical (unpaired) electrons. The van der Waals surface area contributed by atoms with Crippen LogP contribution in [0.25, 0.3) is 0 Å². The van der Waals surface area contributed by atoms with Gasteiger partial charge in [0, 0.05) is 4.47 Å². The second-order valence-corrected chi connectivity index (χ2v) is 6.73. The molecule has 0 amide bonds. The van der Waals surface area contributed by atoms with Gasteiger partial charge in [0.1, 0.15) is 11.6 Å². The van der Waals surface area contributed by atoms with Crippen LogP contribution in [0.4, 0.5) is 5.69 Å². The lowest BCUT2D eigenvalue weighted by molar-refractivity contribution is -0.155. The van der Waals surface area contributed by atoms with Crippen LogP contribution in [0, 0.1) is 0 Å². The lowest BCUT2D eigenvalue weighted by atomic mass is 10.2. The van der Waals surface area contributed by atoms with E-state index in [1.165, 1.54) is 0 Å². The van der Waals surface area contributed by atoms with Crippen molar-refractivity contribution >= 4 is 50.8 Å². The van der Waals surface area contributed by atoms with Crippen LogP contribution >= 0.6 is 39.1 Å². The van der Waals surface area contributed by atoms with Crippen molar-refractivity contribution in [1.29, 1.82) is 0 Å². The van der Waals surface area contributed by atoms with Crippen molar-refractivity contribution in [3.8, 4) is 0 Å². The Labute approximate surface area is 131 Å². The molecule has 1 aromatic carbocycles. The van der Waals surface area contributed by atoms with E-state index in [2.05, 4.69) is 21.2 Å². The second-order valence-electron chi connectivity index (χ2n) is 5.12. The third kappa shape index (κ3) is 4.86. The van der Waals surface area contributed by atoms with Crippen molar-refractivity contribution in [2.45, 2.75) is 39.3 Å². The Balaban J connectivity index is 2.80. The number of anilines is 1. The molecule has 1 unspecified atom stereocenters. The topological polar surface area (TPSA) is 38.3 Å². The second kappa shape index (κ2) is 6.33. The summed E-state index contributed by atoms with van der Waals surface area (Å²) in [6.45, 7) is 7.17. The molecule has 0 aliphatic rings. The lowest BCUT2D eigenvalue weighted by Gasteiger charge is -2.23.